The van der Waals surface area contributed by atoms with E-state index in [0.717, 1.165) is 22.6 Å². The molecular formula is C19H22N4O4. The number of carbonyl (C=O) groups is 1. The number of aryl methyl sites for hydroxylation is 2. The highest BCUT2D eigenvalue weighted by molar-refractivity contribution is 5.92. The number of carbonyl (C=O) groups excluding carboxylic acids is 1. The number of amides is 1. The van der Waals surface area contributed by atoms with Gasteiger partial charge in [0, 0.05) is 11.8 Å². The highest BCUT2D eigenvalue weighted by Gasteiger charge is 2.12. The van der Waals surface area contributed by atoms with Crippen LogP contribution in [0.2, 0.25) is 0 Å². The summed E-state index contributed by atoms with van der Waals surface area (Å²) in [6.07, 6.45) is 3.61. The van der Waals surface area contributed by atoms with Crippen molar-refractivity contribution in [1.29, 1.82) is 0 Å². The summed E-state index contributed by atoms with van der Waals surface area (Å²) in [4.78, 5) is 12.3. The number of nitrogens with zero attached hydrogens (tertiary/aromatic N) is 3. The van der Waals surface area contributed by atoms with Gasteiger partial charge >= 0.3 is 0 Å². The molecule has 0 fully saturated rings. The van der Waals surface area contributed by atoms with Gasteiger partial charge in [-0.25, -0.2) is 0 Å². The van der Waals surface area contributed by atoms with Crippen LogP contribution >= 0.6 is 0 Å². The molecule has 0 aliphatic carbocycles. The lowest BCUT2D eigenvalue weighted by atomic mass is 10.1. The molecule has 2 aromatic heterocycles. The van der Waals surface area contributed by atoms with Gasteiger partial charge in [0.2, 0.25) is 5.91 Å². The van der Waals surface area contributed by atoms with Gasteiger partial charge in [-0.05, 0) is 31.5 Å². The van der Waals surface area contributed by atoms with E-state index in [1.54, 1.807) is 43.4 Å². The van der Waals surface area contributed by atoms with E-state index in [1.165, 1.54) is 0 Å². The zero-order valence-electron chi connectivity index (χ0n) is 15.8. The van der Waals surface area contributed by atoms with Crippen LogP contribution < -0.4 is 14.8 Å². The minimum absolute atomic E-state index is 0.140. The van der Waals surface area contributed by atoms with E-state index in [4.69, 9.17) is 14.0 Å². The Hall–Kier alpha value is -3.29. The third-order valence-electron chi connectivity index (χ3n) is 4.23. The molecule has 0 aliphatic rings. The fourth-order valence-electron chi connectivity index (χ4n) is 2.79. The van der Waals surface area contributed by atoms with Crippen LogP contribution in [0.15, 0.2) is 35.1 Å². The van der Waals surface area contributed by atoms with E-state index in [1.807, 2.05) is 19.9 Å². The first kappa shape index (κ1) is 18.5. The van der Waals surface area contributed by atoms with E-state index in [2.05, 4.69) is 15.6 Å². The maximum Gasteiger partial charge on any atom is 0.228 e. The minimum Gasteiger partial charge on any atom is -0.493 e. The molecular weight excluding hydrogens is 348 g/mol. The summed E-state index contributed by atoms with van der Waals surface area (Å²) in [5.41, 5.74) is 3.28. The van der Waals surface area contributed by atoms with Gasteiger partial charge in [-0.15, -0.1) is 0 Å². The molecule has 0 spiro atoms. The highest BCUT2D eigenvalue weighted by Crippen LogP contribution is 2.27. The van der Waals surface area contributed by atoms with Crippen LogP contribution in [0.25, 0.3) is 0 Å². The number of ether oxygens (including phenoxy) is 2. The Kier molecular flexibility index (Phi) is 5.44. The second-order valence-corrected chi connectivity index (χ2v) is 6.14. The zero-order chi connectivity index (χ0) is 19.4. The summed E-state index contributed by atoms with van der Waals surface area (Å²) in [7, 11) is 3.14. The number of benzene rings is 1. The SMILES string of the molecule is COc1ccc(CC(=O)Nc2cnn(Cc3c(C)noc3C)c2)cc1OC. The number of aromatic nitrogens is 3. The second kappa shape index (κ2) is 7.94. The molecule has 1 amide bonds. The maximum atomic E-state index is 12.3. The number of anilines is 1. The van der Waals surface area contributed by atoms with Gasteiger partial charge in [0.15, 0.2) is 11.5 Å². The Bertz CT molecular complexity index is 926. The van der Waals surface area contributed by atoms with Gasteiger partial charge in [-0.1, -0.05) is 11.2 Å². The quantitative estimate of drug-likeness (QED) is 0.688. The molecule has 0 saturated carbocycles. The van der Waals surface area contributed by atoms with Crippen LogP contribution in [0, 0.1) is 13.8 Å². The second-order valence-electron chi connectivity index (χ2n) is 6.14. The Morgan fingerprint density at radius 2 is 2.00 bits per heavy atom. The van der Waals surface area contributed by atoms with Crippen LogP contribution in [0.5, 0.6) is 11.5 Å². The van der Waals surface area contributed by atoms with Gasteiger partial charge in [-0.3, -0.25) is 9.48 Å². The van der Waals surface area contributed by atoms with Crippen molar-refractivity contribution in [1.82, 2.24) is 14.9 Å². The molecule has 142 valence electrons. The topological polar surface area (TPSA) is 91.4 Å². The molecule has 1 N–H and O–H groups in total. The Labute approximate surface area is 157 Å². The summed E-state index contributed by atoms with van der Waals surface area (Å²) >= 11 is 0. The largest absolute Gasteiger partial charge is 0.493 e. The molecule has 3 aromatic rings. The molecule has 0 bridgehead atoms. The lowest BCUT2D eigenvalue weighted by molar-refractivity contribution is -0.115. The predicted molar refractivity (Wildman–Crippen MR) is 99.2 cm³/mol. The fourth-order valence-corrected chi connectivity index (χ4v) is 2.79. The van der Waals surface area contributed by atoms with Crippen molar-refractivity contribution in [3.05, 3.63) is 53.2 Å². The summed E-state index contributed by atoms with van der Waals surface area (Å²) < 4.78 is 17.4. The van der Waals surface area contributed by atoms with Crippen molar-refractivity contribution < 1.29 is 18.8 Å². The summed E-state index contributed by atoms with van der Waals surface area (Å²) in [6, 6.07) is 5.41. The highest BCUT2D eigenvalue weighted by atomic mass is 16.5. The maximum absolute atomic E-state index is 12.3. The van der Waals surface area contributed by atoms with Crippen LogP contribution in [-0.2, 0) is 17.8 Å². The van der Waals surface area contributed by atoms with Crippen molar-refractivity contribution in [2.75, 3.05) is 19.5 Å². The Morgan fingerprint density at radius 1 is 1.22 bits per heavy atom. The first-order chi connectivity index (χ1) is 13.0. The monoisotopic (exact) mass is 370 g/mol. The smallest absolute Gasteiger partial charge is 0.228 e. The fraction of sp³-hybridized carbons (Fsp3) is 0.316. The average molecular weight is 370 g/mol. The summed E-state index contributed by atoms with van der Waals surface area (Å²) in [5, 5.41) is 11.1. The van der Waals surface area contributed by atoms with E-state index < -0.39 is 0 Å². The summed E-state index contributed by atoms with van der Waals surface area (Å²) in [6.45, 7) is 4.29. The van der Waals surface area contributed by atoms with Crippen molar-refractivity contribution in [2.45, 2.75) is 26.8 Å². The normalized spacial score (nSPS) is 10.7. The molecule has 0 saturated heterocycles. The molecule has 3 rings (SSSR count). The summed E-state index contributed by atoms with van der Waals surface area (Å²) in [5.74, 6) is 1.85. The first-order valence-electron chi connectivity index (χ1n) is 8.45. The van der Waals surface area contributed by atoms with Crippen LogP contribution in [-0.4, -0.2) is 35.1 Å². The van der Waals surface area contributed by atoms with E-state index in [-0.39, 0.29) is 12.3 Å². The van der Waals surface area contributed by atoms with Crippen LogP contribution in [0.1, 0.15) is 22.6 Å². The van der Waals surface area contributed by atoms with Gasteiger partial charge < -0.3 is 19.3 Å². The van der Waals surface area contributed by atoms with E-state index in [0.29, 0.717) is 23.7 Å². The molecule has 8 nitrogen and oxygen atoms in total. The first-order valence-corrected chi connectivity index (χ1v) is 8.45. The third-order valence-corrected chi connectivity index (χ3v) is 4.23. The Balaban J connectivity index is 1.63. The van der Waals surface area contributed by atoms with Gasteiger partial charge in [0.25, 0.3) is 0 Å². The number of methoxy groups -OCH3 is 2. The van der Waals surface area contributed by atoms with E-state index in [9.17, 15) is 4.79 Å². The number of hydrogen-bond acceptors (Lipinski definition) is 6. The molecule has 27 heavy (non-hydrogen) atoms. The van der Waals surface area contributed by atoms with Crippen LogP contribution in [0.4, 0.5) is 5.69 Å². The third kappa shape index (κ3) is 4.28. The van der Waals surface area contributed by atoms with Gasteiger partial charge in [0.1, 0.15) is 5.76 Å². The Morgan fingerprint density at radius 3 is 2.67 bits per heavy atom. The lowest BCUT2D eigenvalue weighted by Crippen LogP contribution is -2.14. The lowest BCUT2D eigenvalue weighted by Gasteiger charge is -2.09. The average Bonchev–Trinajstić information content (AvgIpc) is 3.22. The van der Waals surface area contributed by atoms with Crippen molar-refractivity contribution in [3.8, 4) is 11.5 Å². The van der Waals surface area contributed by atoms with Gasteiger partial charge in [-0.2, -0.15) is 5.10 Å². The number of hydrogen-bond donors (Lipinski definition) is 1. The molecule has 0 atom stereocenters. The number of rotatable bonds is 7. The molecule has 1 aromatic carbocycles. The van der Waals surface area contributed by atoms with Gasteiger partial charge in [0.05, 0.1) is 44.8 Å². The predicted octanol–water partition coefficient (Wildman–Crippen LogP) is 2.73. The molecule has 8 heteroatoms. The minimum atomic E-state index is -0.140. The zero-order valence-corrected chi connectivity index (χ0v) is 15.8. The molecule has 0 unspecified atom stereocenters. The molecule has 2 heterocycles. The van der Waals surface area contributed by atoms with E-state index >= 15 is 0 Å². The van der Waals surface area contributed by atoms with Crippen molar-refractivity contribution in [2.24, 2.45) is 0 Å². The van der Waals surface area contributed by atoms with Crippen LogP contribution in [0.3, 0.4) is 0 Å². The number of nitrogens with one attached hydrogen (secondary N) is 1. The molecule has 0 aliphatic heterocycles. The molecule has 0 radical (unpaired) electrons. The van der Waals surface area contributed by atoms with Crippen molar-refractivity contribution >= 4 is 11.6 Å². The standard InChI is InChI=1S/C19H22N4O4/c1-12-16(13(2)27-22-12)11-23-10-15(9-20-23)21-19(24)8-14-5-6-17(25-3)18(7-14)26-4/h5-7,9-10H,8,11H2,1-4H3,(H,21,24). The van der Waals surface area contributed by atoms with Crippen molar-refractivity contribution in [3.63, 3.8) is 0 Å².